The van der Waals surface area contributed by atoms with Gasteiger partial charge in [0.05, 0.1) is 12.3 Å². The Morgan fingerprint density at radius 1 is 1.21 bits per heavy atom. The van der Waals surface area contributed by atoms with Crippen LogP contribution in [0.4, 0.5) is 0 Å². The Morgan fingerprint density at radius 3 is 2.61 bits per heavy atom. The fourth-order valence-corrected chi connectivity index (χ4v) is 8.79. The summed E-state index contributed by atoms with van der Waals surface area (Å²) in [7, 11) is 0. The summed E-state index contributed by atoms with van der Waals surface area (Å²) in [4.78, 5) is 15.5. The molecule has 5 fully saturated rings. The first-order chi connectivity index (χ1) is 13.5. The highest BCUT2D eigenvalue weighted by Crippen LogP contribution is 2.65. The van der Waals surface area contributed by atoms with Crippen molar-refractivity contribution in [2.75, 3.05) is 19.6 Å². The van der Waals surface area contributed by atoms with Crippen LogP contribution in [0.3, 0.4) is 0 Å². The lowest BCUT2D eigenvalue weighted by molar-refractivity contribution is -0.128. The van der Waals surface area contributed by atoms with E-state index in [2.05, 4.69) is 32.2 Å². The summed E-state index contributed by atoms with van der Waals surface area (Å²) < 4.78 is 6.05. The van der Waals surface area contributed by atoms with Crippen molar-refractivity contribution < 1.29 is 9.21 Å². The van der Waals surface area contributed by atoms with E-state index >= 15 is 0 Å². The highest BCUT2D eigenvalue weighted by molar-refractivity contribution is 9.10. The number of hydrogen-bond donors (Lipinski definition) is 1. The number of piperidine rings is 1. The van der Waals surface area contributed by atoms with Crippen LogP contribution < -0.4 is 5.32 Å². The Bertz CT molecular complexity index is 683. The average Bonchev–Trinajstić information content (AvgIpc) is 3.14. The van der Waals surface area contributed by atoms with Crippen LogP contribution in [0.5, 0.6) is 0 Å². The summed E-state index contributed by atoms with van der Waals surface area (Å²) in [5, 5.41) is 3.30. The minimum absolute atomic E-state index is 0.165. The van der Waals surface area contributed by atoms with Gasteiger partial charge in [0.1, 0.15) is 5.76 Å². The second kappa shape index (κ2) is 7.46. The molecular formula is C23H33BrN2O2. The maximum atomic E-state index is 13.0. The van der Waals surface area contributed by atoms with Crippen LogP contribution in [0.15, 0.2) is 22.8 Å². The van der Waals surface area contributed by atoms with Crippen LogP contribution in [0.1, 0.15) is 76.0 Å². The quantitative estimate of drug-likeness (QED) is 0.619. The van der Waals surface area contributed by atoms with Crippen molar-refractivity contribution in [1.82, 2.24) is 10.2 Å². The van der Waals surface area contributed by atoms with Crippen LogP contribution in [-0.4, -0.2) is 34.8 Å². The molecule has 1 saturated heterocycles. The lowest BCUT2D eigenvalue weighted by Gasteiger charge is -2.60. The van der Waals surface area contributed by atoms with E-state index in [1.165, 1.54) is 57.8 Å². The second-order valence-corrected chi connectivity index (χ2v) is 11.9. The minimum Gasteiger partial charge on any atom is -0.468 e. The van der Waals surface area contributed by atoms with Gasteiger partial charge in [-0.1, -0.05) is 22.4 Å². The maximum Gasteiger partial charge on any atom is 0.220 e. The standard InChI is InChI=1S/C23H33BrN2O2/c24-23-12-17-9-18(13-23)11-22(10-17,16-23)14-21(27)25-15-19(20-5-4-8-28-20)26-6-2-1-3-7-26/h4-5,8,17-19H,1-3,6-7,9-16H2,(H,25,27). The van der Waals surface area contributed by atoms with Gasteiger partial charge in [-0.15, -0.1) is 0 Å². The molecule has 4 bridgehead atoms. The molecule has 3 atom stereocenters. The molecule has 6 rings (SSSR count). The van der Waals surface area contributed by atoms with E-state index in [4.69, 9.17) is 4.42 Å². The van der Waals surface area contributed by atoms with Gasteiger partial charge in [-0.25, -0.2) is 0 Å². The molecule has 5 aliphatic rings. The Labute approximate surface area is 176 Å². The molecule has 4 saturated carbocycles. The number of alkyl halides is 1. The van der Waals surface area contributed by atoms with E-state index in [0.717, 1.165) is 30.7 Å². The molecular weight excluding hydrogens is 416 g/mol. The Kier molecular flexibility index (Phi) is 5.11. The maximum absolute atomic E-state index is 13.0. The van der Waals surface area contributed by atoms with Gasteiger partial charge in [0.15, 0.2) is 0 Å². The number of amides is 1. The highest BCUT2D eigenvalue weighted by Gasteiger charge is 2.57. The third-order valence-electron chi connectivity index (χ3n) is 7.84. The molecule has 28 heavy (non-hydrogen) atoms. The van der Waals surface area contributed by atoms with E-state index < -0.39 is 0 Å². The molecule has 4 nitrogen and oxygen atoms in total. The summed E-state index contributed by atoms with van der Waals surface area (Å²) in [5.41, 5.74) is 0.239. The molecule has 5 heteroatoms. The third kappa shape index (κ3) is 3.81. The van der Waals surface area contributed by atoms with Crippen LogP contribution in [-0.2, 0) is 4.79 Å². The summed E-state index contributed by atoms with van der Waals surface area (Å²) in [6.45, 7) is 2.86. The van der Waals surface area contributed by atoms with Crippen molar-refractivity contribution in [2.24, 2.45) is 17.3 Å². The van der Waals surface area contributed by atoms with Gasteiger partial charge in [-0.3, -0.25) is 9.69 Å². The van der Waals surface area contributed by atoms with E-state index in [-0.39, 0.29) is 17.4 Å². The first-order valence-electron chi connectivity index (χ1n) is 11.3. The minimum atomic E-state index is 0.165. The Hall–Kier alpha value is -0.810. The molecule has 1 aromatic heterocycles. The normalized spacial score (nSPS) is 38.5. The molecule has 1 N–H and O–H groups in total. The van der Waals surface area contributed by atoms with Crippen molar-refractivity contribution in [3.8, 4) is 0 Å². The van der Waals surface area contributed by atoms with E-state index in [0.29, 0.717) is 17.3 Å². The fraction of sp³-hybridized carbons (Fsp3) is 0.783. The molecule has 3 unspecified atom stereocenters. The number of furan rings is 1. The second-order valence-electron chi connectivity index (χ2n) is 10.2. The molecule has 154 valence electrons. The number of likely N-dealkylation sites (tertiary alicyclic amines) is 1. The van der Waals surface area contributed by atoms with Gasteiger partial charge in [0.2, 0.25) is 5.91 Å². The van der Waals surface area contributed by atoms with Crippen LogP contribution in [0, 0.1) is 17.3 Å². The van der Waals surface area contributed by atoms with Crippen molar-refractivity contribution in [3.05, 3.63) is 24.2 Å². The predicted octanol–water partition coefficient (Wildman–Crippen LogP) is 5.05. The summed E-state index contributed by atoms with van der Waals surface area (Å²) >= 11 is 4.07. The summed E-state index contributed by atoms with van der Waals surface area (Å²) in [6, 6.07) is 4.18. The van der Waals surface area contributed by atoms with Crippen molar-refractivity contribution >= 4 is 21.8 Å². The van der Waals surface area contributed by atoms with Gasteiger partial charge >= 0.3 is 0 Å². The number of rotatable bonds is 6. The molecule has 4 aliphatic carbocycles. The number of carbonyl (C=O) groups is 1. The van der Waals surface area contributed by atoms with Gasteiger partial charge in [0, 0.05) is 17.3 Å². The predicted molar refractivity (Wildman–Crippen MR) is 113 cm³/mol. The van der Waals surface area contributed by atoms with Crippen LogP contribution in [0.25, 0.3) is 0 Å². The zero-order valence-electron chi connectivity index (χ0n) is 16.8. The SMILES string of the molecule is O=C(CC12CC3CC(CC(Br)(C3)C1)C2)NCC(c1ccco1)N1CCCCC1. The van der Waals surface area contributed by atoms with Crippen molar-refractivity contribution in [3.63, 3.8) is 0 Å². The fourth-order valence-electron chi connectivity index (χ4n) is 7.28. The zero-order chi connectivity index (χ0) is 19.2. The first-order valence-corrected chi connectivity index (χ1v) is 12.1. The largest absolute Gasteiger partial charge is 0.468 e. The van der Waals surface area contributed by atoms with Crippen LogP contribution >= 0.6 is 15.9 Å². The Balaban J connectivity index is 1.23. The number of carbonyl (C=O) groups excluding carboxylic acids is 1. The molecule has 1 aliphatic heterocycles. The zero-order valence-corrected chi connectivity index (χ0v) is 18.4. The molecule has 0 aromatic carbocycles. The molecule has 1 aromatic rings. The Morgan fingerprint density at radius 2 is 1.96 bits per heavy atom. The van der Waals surface area contributed by atoms with Crippen LogP contribution in [0.2, 0.25) is 0 Å². The highest BCUT2D eigenvalue weighted by atomic mass is 79.9. The number of hydrogen-bond acceptors (Lipinski definition) is 3. The summed E-state index contributed by atoms with van der Waals surface area (Å²) in [5.74, 6) is 2.89. The third-order valence-corrected chi connectivity index (χ3v) is 8.77. The molecule has 1 amide bonds. The van der Waals surface area contributed by atoms with E-state index in [1.54, 1.807) is 6.26 Å². The average molecular weight is 449 g/mol. The van der Waals surface area contributed by atoms with Gasteiger partial charge in [-0.2, -0.15) is 0 Å². The smallest absolute Gasteiger partial charge is 0.220 e. The lowest BCUT2D eigenvalue weighted by Crippen LogP contribution is -2.54. The molecule has 2 heterocycles. The van der Waals surface area contributed by atoms with Crippen molar-refractivity contribution in [2.45, 2.75) is 74.6 Å². The number of nitrogens with zero attached hydrogens (tertiary/aromatic N) is 1. The lowest BCUT2D eigenvalue weighted by atomic mass is 9.48. The molecule has 0 spiro atoms. The topological polar surface area (TPSA) is 45.5 Å². The number of halogens is 1. The van der Waals surface area contributed by atoms with E-state index in [9.17, 15) is 4.79 Å². The van der Waals surface area contributed by atoms with Gasteiger partial charge < -0.3 is 9.73 Å². The van der Waals surface area contributed by atoms with Gasteiger partial charge in [-0.05, 0) is 93.8 Å². The number of nitrogens with one attached hydrogen (secondary N) is 1. The monoisotopic (exact) mass is 448 g/mol. The summed E-state index contributed by atoms with van der Waals surface area (Å²) in [6.07, 6.45) is 14.0. The van der Waals surface area contributed by atoms with Crippen molar-refractivity contribution in [1.29, 1.82) is 0 Å². The molecule has 0 radical (unpaired) electrons. The van der Waals surface area contributed by atoms with E-state index in [1.807, 2.05) is 6.07 Å². The first kappa shape index (κ1) is 19.2. The van der Waals surface area contributed by atoms with Gasteiger partial charge in [0.25, 0.3) is 0 Å².